The van der Waals surface area contributed by atoms with Crippen molar-refractivity contribution in [2.45, 2.75) is 517 Å². The second kappa shape index (κ2) is 106. The van der Waals surface area contributed by atoms with Crippen LogP contribution in [0.1, 0.15) is 517 Å². The lowest BCUT2D eigenvalue weighted by Crippen LogP contribution is -2.44. The maximum atomic E-state index is 12.7. The van der Waals surface area contributed by atoms with Crippen LogP contribution in [-0.2, 0) is 57.2 Å². The Morgan fingerprint density at radius 2 is 0.300 bits per heavy atom. The zero-order chi connectivity index (χ0) is 94.1. The topological polar surface area (TPSA) is 171 Å². The fourth-order valence-corrected chi connectivity index (χ4v) is 16.8. The van der Waals surface area contributed by atoms with Gasteiger partial charge in [0, 0.05) is 77.8 Å². The van der Waals surface area contributed by atoms with Gasteiger partial charge in [0.2, 0.25) is 0 Å². The predicted octanol–water partition coefficient (Wildman–Crippen LogP) is 31.2. The van der Waals surface area contributed by atoms with E-state index in [4.69, 9.17) is 28.4 Å². The van der Waals surface area contributed by atoms with Crippen molar-refractivity contribution in [2.24, 2.45) is 0 Å². The highest BCUT2D eigenvalue weighted by atomic mass is 16.5. The summed E-state index contributed by atoms with van der Waals surface area (Å²) in [6.45, 7) is 28.7. The highest BCUT2D eigenvalue weighted by Crippen LogP contribution is 2.20. The van der Waals surface area contributed by atoms with Crippen molar-refractivity contribution in [1.29, 1.82) is 0 Å². The molecule has 0 aliphatic carbocycles. The van der Waals surface area contributed by atoms with E-state index in [1.54, 1.807) is 0 Å². The lowest BCUT2D eigenvalue weighted by molar-refractivity contribution is -0.144. The van der Waals surface area contributed by atoms with Gasteiger partial charge in [0.1, 0.15) is 33.0 Å². The van der Waals surface area contributed by atoms with Gasteiger partial charge in [-0.2, -0.15) is 0 Å². The molecule has 0 spiro atoms. The SMILES string of the molecule is CCCCCC/C=C\COC(=O)CCCCCCCCN(CCCCCCCCC(=O)OC/C=C\CCCCCC)CCN(CCN(CCCCCCCCC(=O)OC/C=C\CCCCCC)CCCCCCCCC(=O)OC/C=C\CCCCCC)CCN(CCCCCCCCC(=O)OC/C=C\CCCCCC)CCCCCCCCC(=O)OCCCCCCCCC. The molecule has 0 unspecified atom stereocenters. The van der Waals surface area contributed by atoms with Gasteiger partial charge in [-0.25, -0.2) is 0 Å². The highest BCUT2D eigenvalue weighted by Gasteiger charge is 2.17. The smallest absolute Gasteiger partial charge is 0.306 e. The Hall–Kier alpha value is -4.64. The molecule has 0 aromatic rings. The van der Waals surface area contributed by atoms with Crippen LogP contribution in [0.4, 0.5) is 0 Å². The van der Waals surface area contributed by atoms with Crippen LogP contribution in [-0.4, -0.2) is 174 Å². The number of carbonyl (C=O) groups is 6. The van der Waals surface area contributed by atoms with Crippen molar-refractivity contribution in [3.8, 4) is 0 Å². The maximum Gasteiger partial charge on any atom is 0.306 e. The Kier molecular flexibility index (Phi) is 103. The van der Waals surface area contributed by atoms with E-state index in [9.17, 15) is 28.8 Å². The molecular formula is C114H212N4O12. The van der Waals surface area contributed by atoms with Gasteiger partial charge in [0.15, 0.2) is 0 Å². The monoisotopic (exact) mass is 1830 g/mol. The zero-order valence-electron chi connectivity index (χ0n) is 86.5. The van der Waals surface area contributed by atoms with E-state index in [-0.39, 0.29) is 35.8 Å². The Balaban J connectivity index is 6.85. The largest absolute Gasteiger partial charge is 0.466 e. The molecule has 0 amide bonds. The first kappa shape index (κ1) is 125. The van der Waals surface area contributed by atoms with Crippen molar-refractivity contribution in [1.82, 2.24) is 19.6 Å². The third-order valence-corrected chi connectivity index (χ3v) is 25.5. The summed E-state index contributed by atoms with van der Waals surface area (Å²) in [5.41, 5.74) is 0. The molecule has 0 bridgehead atoms. The molecule has 16 nitrogen and oxygen atoms in total. The van der Waals surface area contributed by atoms with E-state index in [1.165, 1.54) is 276 Å². The molecule has 760 valence electrons. The number of nitrogens with zero attached hydrogens (tertiary/aromatic N) is 4. The normalized spacial score (nSPS) is 12.0. The summed E-state index contributed by atoms with van der Waals surface area (Å²) in [5.74, 6) is -0.433. The Bertz CT molecular complexity index is 2350. The number of hydrogen-bond acceptors (Lipinski definition) is 16. The molecule has 0 heterocycles. The molecule has 0 rings (SSSR count). The van der Waals surface area contributed by atoms with Crippen LogP contribution in [0.25, 0.3) is 0 Å². The number of ether oxygens (including phenoxy) is 6. The van der Waals surface area contributed by atoms with Crippen molar-refractivity contribution in [3.05, 3.63) is 60.8 Å². The van der Waals surface area contributed by atoms with Gasteiger partial charge >= 0.3 is 35.8 Å². The molecule has 0 radical (unpaired) electrons. The number of esters is 6. The first-order valence-corrected chi connectivity index (χ1v) is 56.1. The van der Waals surface area contributed by atoms with Crippen molar-refractivity contribution in [3.63, 3.8) is 0 Å². The van der Waals surface area contributed by atoms with Crippen LogP contribution in [0.15, 0.2) is 60.8 Å². The molecule has 130 heavy (non-hydrogen) atoms. The van der Waals surface area contributed by atoms with Crippen LogP contribution in [0.2, 0.25) is 0 Å². The van der Waals surface area contributed by atoms with E-state index in [2.05, 4.69) is 91.5 Å². The summed E-state index contributed by atoms with van der Waals surface area (Å²) in [6, 6.07) is 0. The zero-order valence-corrected chi connectivity index (χ0v) is 86.5. The minimum absolute atomic E-state index is 0.0306. The fourth-order valence-electron chi connectivity index (χ4n) is 16.8. The molecule has 0 saturated heterocycles. The van der Waals surface area contributed by atoms with Gasteiger partial charge in [0.05, 0.1) is 6.61 Å². The molecule has 0 atom stereocenters. The van der Waals surface area contributed by atoms with Crippen LogP contribution in [0.5, 0.6) is 0 Å². The number of unbranched alkanes of at least 4 members (excludes halogenated alkanes) is 56. The van der Waals surface area contributed by atoms with Gasteiger partial charge in [-0.05, 0) is 187 Å². The van der Waals surface area contributed by atoms with Crippen LogP contribution < -0.4 is 0 Å². The molecule has 16 heteroatoms. The fraction of sp³-hybridized carbons (Fsp3) is 0.860. The van der Waals surface area contributed by atoms with Crippen LogP contribution >= 0.6 is 0 Å². The van der Waals surface area contributed by atoms with Gasteiger partial charge in [-0.3, -0.25) is 33.7 Å². The van der Waals surface area contributed by atoms with Crippen molar-refractivity contribution < 1.29 is 57.2 Å². The number of rotatable bonds is 106. The molecule has 0 aromatic carbocycles. The Morgan fingerprint density at radius 3 is 0.492 bits per heavy atom. The third kappa shape index (κ3) is 99.3. The number of hydrogen-bond donors (Lipinski definition) is 0. The van der Waals surface area contributed by atoms with Gasteiger partial charge in [-0.15, -0.1) is 0 Å². The predicted molar refractivity (Wildman–Crippen MR) is 553 cm³/mol. The lowest BCUT2D eigenvalue weighted by atomic mass is 10.1. The summed E-state index contributed by atoms with van der Waals surface area (Å²) in [4.78, 5) is 87.1. The summed E-state index contributed by atoms with van der Waals surface area (Å²) in [6.07, 6.45) is 102. The second-order valence-electron chi connectivity index (χ2n) is 38.0. The molecule has 0 saturated carbocycles. The van der Waals surface area contributed by atoms with Gasteiger partial charge in [0.25, 0.3) is 0 Å². The minimum atomic E-state index is -0.0806. The highest BCUT2D eigenvalue weighted by molar-refractivity contribution is 5.71. The van der Waals surface area contributed by atoms with E-state index >= 15 is 0 Å². The standard InChI is InChI=1S/C114H212N4O12/c1-7-13-19-25-43-61-79-103-125-109(119)85-67-49-31-37-55-73-91-115(92-74-56-38-32-50-68-86-110(120)126-104-80-62-44-26-20-14-8-2)97-100-118(101-98-116(93-75-57-39-33-51-69-87-111(121)127-105-81-63-45-27-21-15-9-3)94-76-58-40-34-52-70-88-112(122)128-106-82-64-46-28-22-16-10-4)102-99-117(95-77-59-41-35-53-71-89-113(123)129-107-83-65-47-29-23-17-11-5)96-78-60-42-36-54-72-90-114(124)130-108-84-66-48-30-24-18-12-6/h61-65,79-83H,7-60,66-78,84-108H2,1-6H3/b79-61-,80-62-,81-63-,82-64-,83-65-. The molecule has 0 aromatic heterocycles. The molecular weight excluding hydrogens is 1620 g/mol. The first-order valence-electron chi connectivity index (χ1n) is 56.1. The summed E-state index contributed by atoms with van der Waals surface area (Å²) >= 11 is 0. The Morgan fingerprint density at radius 1 is 0.154 bits per heavy atom. The molecule has 0 aliphatic rings. The lowest BCUT2D eigenvalue weighted by Gasteiger charge is -2.32. The summed E-state index contributed by atoms with van der Waals surface area (Å²) < 4.78 is 33.5. The van der Waals surface area contributed by atoms with E-state index in [1.807, 2.05) is 30.4 Å². The third-order valence-electron chi connectivity index (χ3n) is 25.5. The summed E-state index contributed by atoms with van der Waals surface area (Å²) in [7, 11) is 0. The van der Waals surface area contributed by atoms with Crippen LogP contribution in [0.3, 0.4) is 0 Å². The molecule has 0 fully saturated rings. The van der Waals surface area contributed by atoms with Gasteiger partial charge < -0.3 is 43.1 Å². The average molecular weight is 1830 g/mol. The van der Waals surface area contributed by atoms with E-state index in [0.29, 0.717) is 78.2 Å². The number of carbonyl (C=O) groups excluding carboxylic acids is 6. The van der Waals surface area contributed by atoms with Gasteiger partial charge in [-0.1, -0.05) is 391 Å². The van der Waals surface area contributed by atoms with E-state index < -0.39 is 0 Å². The summed E-state index contributed by atoms with van der Waals surface area (Å²) in [5, 5.41) is 0. The van der Waals surface area contributed by atoms with E-state index in [0.717, 1.165) is 239 Å². The van der Waals surface area contributed by atoms with Crippen molar-refractivity contribution in [2.75, 3.05) is 118 Å². The minimum Gasteiger partial charge on any atom is -0.466 e. The quantitative estimate of drug-likeness (QED) is 0.0244. The first-order chi connectivity index (χ1) is 64.0. The maximum absolute atomic E-state index is 12.7. The molecule has 0 aliphatic heterocycles. The average Bonchev–Trinajstić information content (AvgIpc) is 0.926. The molecule has 0 N–H and O–H groups in total. The number of allylic oxidation sites excluding steroid dienone is 5. The van der Waals surface area contributed by atoms with Crippen LogP contribution in [0, 0.1) is 0 Å². The van der Waals surface area contributed by atoms with Crippen molar-refractivity contribution >= 4 is 35.8 Å². The second-order valence-corrected chi connectivity index (χ2v) is 38.0. The Labute approximate surface area is 803 Å².